The molecular formula is C18H15BF8N2O. The second kappa shape index (κ2) is 7.80. The van der Waals surface area contributed by atoms with Gasteiger partial charge < -0.3 is 10.6 Å². The summed E-state index contributed by atoms with van der Waals surface area (Å²) in [6.45, 7) is 1.10. The molecule has 0 radical (unpaired) electrons. The third kappa shape index (κ3) is 3.95. The van der Waals surface area contributed by atoms with E-state index in [0.717, 1.165) is 20.8 Å². The van der Waals surface area contributed by atoms with Gasteiger partial charge in [0, 0.05) is 18.3 Å². The van der Waals surface area contributed by atoms with Crippen LogP contribution in [-0.4, -0.2) is 33.2 Å². The molecule has 3 nitrogen and oxygen atoms in total. The van der Waals surface area contributed by atoms with Crippen LogP contribution in [0.3, 0.4) is 0 Å². The largest absolute Gasteiger partial charge is 0.435 e. The van der Waals surface area contributed by atoms with Crippen LogP contribution in [-0.2, 0) is 5.67 Å². The van der Waals surface area contributed by atoms with Gasteiger partial charge in [-0.05, 0) is 24.6 Å². The van der Waals surface area contributed by atoms with Crippen molar-refractivity contribution in [3.05, 3.63) is 52.8 Å². The van der Waals surface area contributed by atoms with Crippen LogP contribution in [0.5, 0.6) is 0 Å². The van der Waals surface area contributed by atoms with Crippen molar-refractivity contribution in [2.45, 2.75) is 24.9 Å². The third-order valence-corrected chi connectivity index (χ3v) is 4.46. The maximum absolute atomic E-state index is 14.3. The van der Waals surface area contributed by atoms with E-state index in [1.807, 2.05) is 0 Å². The van der Waals surface area contributed by atoms with Gasteiger partial charge in [0.25, 0.3) is 5.91 Å². The molecule has 12 heteroatoms. The molecular weight excluding hydrogens is 423 g/mol. The summed E-state index contributed by atoms with van der Waals surface area (Å²) >= 11 is 0. The highest BCUT2D eigenvalue weighted by Crippen LogP contribution is 2.53. The predicted octanol–water partition coefficient (Wildman–Crippen LogP) is 3.98. The monoisotopic (exact) mass is 438 g/mol. The first-order valence-electron chi connectivity index (χ1n) is 8.36. The molecule has 0 saturated carbocycles. The lowest BCUT2D eigenvalue weighted by Crippen LogP contribution is -2.50. The summed E-state index contributed by atoms with van der Waals surface area (Å²) in [6.07, 6.45) is -12.5. The fourth-order valence-corrected chi connectivity index (χ4v) is 2.93. The smallest absolute Gasteiger partial charge is 0.386 e. The fourth-order valence-electron chi connectivity index (χ4n) is 2.93. The maximum atomic E-state index is 14.3. The molecule has 0 heterocycles. The number of amides is 1. The first kappa shape index (κ1) is 23.5. The number of carbonyl (C=O) groups excluding carboxylic acids is 1. The van der Waals surface area contributed by atoms with Gasteiger partial charge in [0.1, 0.15) is 7.85 Å². The first-order valence-corrected chi connectivity index (χ1v) is 8.36. The Morgan fingerprint density at radius 3 is 2.03 bits per heavy atom. The quantitative estimate of drug-likeness (QED) is 0.561. The van der Waals surface area contributed by atoms with Crippen LogP contribution < -0.4 is 16.1 Å². The van der Waals surface area contributed by atoms with E-state index in [4.69, 9.17) is 0 Å². The van der Waals surface area contributed by atoms with E-state index in [1.165, 1.54) is 19.2 Å². The van der Waals surface area contributed by atoms with Gasteiger partial charge in [-0.3, -0.25) is 4.79 Å². The zero-order chi connectivity index (χ0) is 23.1. The number of alkyl halides is 7. The molecule has 2 rings (SSSR count). The lowest BCUT2D eigenvalue weighted by molar-refractivity contribution is -0.348. The van der Waals surface area contributed by atoms with E-state index in [0.29, 0.717) is 12.1 Å². The topological polar surface area (TPSA) is 41.1 Å². The van der Waals surface area contributed by atoms with Crippen molar-refractivity contribution in [3.8, 4) is 0 Å². The molecule has 1 amide bonds. The van der Waals surface area contributed by atoms with Gasteiger partial charge in [-0.15, -0.1) is 0 Å². The Kier molecular flexibility index (Phi) is 6.11. The number of rotatable bonds is 4. The summed E-state index contributed by atoms with van der Waals surface area (Å²) in [6, 6.07) is 4.57. The van der Waals surface area contributed by atoms with Crippen molar-refractivity contribution < 1.29 is 39.9 Å². The van der Waals surface area contributed by atoms with Crippen LogP contribution >= 0.6 is 0 Å². The van der Waals surface area contributed by atoms with Crippen molar-refractivity contribution >= 4 is 30.6 Å². The molecule has 0 aromatic heterocycles. The minimum atomic E-state index is -6.26. The van der Waals surface area contributed by atoms with Crippen molar-refractivity contribution in [3.63, 3.8) is 0 Å². The second-order valence-electron chi connectivity index (χ2n) is 6.51. The van der Waals surface area contributed by atoms with Crippen LogP contribution in [0.2, 0.25) is 0 Å². The lowest BCUT2D eigenvalue weighted by Gasteiger charge is -2.31. The Hall–Kier alpha value is -2.79. The van der Waals surface area contributed by atoms with Crippen molar-refractivity contribution in [1.82, 2.24) is 0 Å². The number of benzene rings is 2. The van der Waals surface area contributed by atoms with Crippen LogP contribution in [0.25, 0.3) is 0 Å². The van der Waals surface area contributed by atoms with Crippen LogP contribution in [0.1, 0.15) is 21.5 Å². The summed E-state index contributed by atoms with van der Waals surface area (Å²) in [7, 11) is 2.51. The van der Waals surface area contributed by atoms with E-state index in [2.05, 4.69) is 10.6 Å². The number of aryl methyl sites for hydroxylation is 1. The number of halogens is 8. The molecule has 0 aliphatic heterocycles. The zero-order valence-corrected chi connectivity index (χ0v) is 15.8. The summed E-state index contributed by atoms with van der Waals surface area (Å²) in [5, 5.41) is 4.77. The average Bonchev–Trinajstić information content (AvgIpc) is 2.61. The molecule has 0 aliphatic rings. The highest BCUT2D eigenvalue weighted by atomic mass is 19.4. The van der Waals surface area contributed by atoms with E-state index in [1.54, 1.807) is 0 Å². The van der Waals surface area contributed by atoms with Gasteiger partial charge in [0.2, 0.25) is 0 Å². The molecule has 2 N–H and O–H groups in total. The van der Waals surface area contributed by atoms with E-state index in [9.17, 15) is 39.9 Å². The molecule has 0 unspecified atom stereocenters. The highest BCUT2D eigenvalue weighted by molar-refractivity contribution is 6.37. The van der Waals surface area contributed by atoms with Crippen molar-refractivity contribution in [2.24, 2.45) is 0 Å². The van der Waals surface area contributed by atoms with Crippen molar-refractivity contribution in [1.29, 1.82) is 0 Å². The zero-order valence-electron chi connectivity index (χ0n) is 15.8. The molecule has 0 atom stereocenters. The maximum Gasteiger partial charge on any atom is 0.435 e. The second-order valence-corrected chi connectivity index (χ2v) is 6.51. The van der Waals surface area contributed by atoms with Crippen LogP contribution in [0, 0.1) is 12.7 Å². The normalized spacial score (nSPS) is 12.6. The van der Waals surface area contributed by atoms with Gasteiger partial charge in [0.15, 0.2) is 5.82 Å². The Balaban J connectivity index is 2.51. The third-order valence-electron chi connectivity index (χ3n) is 4.46. The molecule has 0 fully saturated rings. The fraction of sp³-hybridized carbons (Fsp3) is 0.278. The predicted molar refractivity (Wildman–Crippen MR) is 98.2 cm³/mol. The van der Waals surface area contributed by atoms with E-state index >= 15 is 0 Å². The summed E-state index contributed by atoms with van der Waals surface area (Å²) in [5.41, 5.74) is -8.36. The number of carbonyl (C=O) groups is 1. The molecule has 2 aromatic rings. The molecule has 30 heavy (non-hydrogen) atoms. The minimum Gasteiger partial charge on any atom is -0.386 e. The molecule has 0 saturated heterocycles. The Morgan fingerprint density at radius 1 is 1.00 bits per heavy atom. The molecule has 0 spiro atoms. The van der Waals surface area contributed by atoms with Gasteiger partial charge in [-0.1, -0.05) is 23.7 Å². The molecule has 0 aliphatic carbocycles. The van der Waals surface area contributed by atoms with Crippen LogP contribution in [0.15, 0.2) is 30.3 Å². The lowest BCUT2D eigenvalue weighted by atomic mass is 9.84. The number of hydrogen-bond donors (Lipinski definition) is 2. The summed E-state index contributed by atoms with van der Waals surface area (Å²) in [4.78, 5) is 12.4. The Morgan fingerprint density at radius 2 is 1.57 bits per heavy atom. The van der Waals surface area contributed by atoms with E-state index < -0.39 is 40.9 Å². The Bertz CT molecular complexity index is 935. The summed E-state index contributed by atoms with van der Waals surface area (Å²) < 4.78 is 106. The van der Waals surface area contributed by atoms with Gasteiger partial charge in [-0.2, -0.15) is 26.3 Å². The number of hydrogen-bond acceptors (Lipinski definition) is 2. The first-order chi connectivity index (χ1) is 13.6. The van der Waals surface area contributed by atoms with Crippen molar-refractivity contribution in [2.75, 3.05) is 17.7 Å². The molecule has 0 bridgehead atoms. The SMILES string of the molecule is Bc1cc(C(F)(C(F)(F)F)C(F)(F)F)cc(C)c1NC(=O)c1cccc(NC)c1F. The average molecular weight is 438 g/mol. The van der Waals surface area contributed by atoms with Gasteiger partial charge in [-0.25, -0.2) is 8.78 Å². The standard InChI is InChI=1S/C18H15BF8N2O/c1-8-6-9(16(21,17(22,23)24)18(25,26)27)7-11(19)14(8)29-15(30)10-4-3-5-12(28-2)13(10)20/h3-7,28H,19H2,1-2H3,(H,29,30). The van der Waals surface area contributed by atoms with Gasteiger partial charge >= 0.3 is 18.0 Å². The number of nitrogens with one attached hydrogen (secondary N) is 2. The van der Waals surface area contributed by atoms with Gasteiger partial charge in [0.05, 0.1) is 11.3 Å². The van der Waals surface area contributed by atoms with E-state index in [-0.39, 0.29) is 22.4 Å². The summed E-state index contributed by atoms with van der Waals surface area (Å²) in [5.74, 6) is -1.89. The number of anilines is 2. The Labute approximate surface area is 166 Å². The van der Waals surface area contributed by atoms with Crippen LogP contribution in [0.4, 0.5) is 46.5 Å². The minimum absolute atomic E-state index is 0.00371. The highest BCUT2D eigenvalue weighted by Gasteiger charge is 2.73. The molecule has 2 aromatic carbocycles. The molecule has 162 valence electrons.